The van der Waals surface area contributed by atoms with Gasteiger partial charge < -0.3 is 39.1 Å². The second-order valence-electron chi connectivity index (χ2n) is 4.01. The molecule has 0 aliphatic rings. The molecule has 0 aliphatic heterocycles. The van der Waals surface area contributed by atoms with Crippen LogP contribution in [0.3, 0.4) is 0 Å². The highest BCUT2D eigenvalue weighted by Gasteiger charge is 2.67. The molecule has 0 aromatic heterocycles. The first kappa shape index (κ1) is 22.2. The van der Waals surface area contributed by atoms with E-state index in [9.17, 15) is 23.1 Å². The maximum absolute atomic E-state index is 11.4. The topological polar surface area (TPSA) is 259 Å². The van der Waals surface area contributed by atoms with Gasteiger partial charge in [-0.1, -0.05) is 0 Å². The van der Waals surface area contributed by atoms with Crippen molar-refractivity contribution in [1.29, 1.82) is 0 Å². The van der Waals surface area contributed by atoms with Crippen molar-refractivity contribution in [3.8, 4) is 0 Å². The Bertz CT molecular complexity index is 586. The fourth-order valence-electron chi connectivity index (χ4n) is 1.39. The van der Waals surface area contributed by atoms with E-state index < -0.39 is 46.7 Å². The number of ketones is 1. The minimum atomic E-state index is -6.19. The van der Waals surface area contributed by atoms with E-state index in [0.29, 0.717) is 0 Å². The molecule has 0 bridgehead atoms. The predicted octanol–water partition coefficient (Wildman–Crippen LogP) is -2.19. The number of nitrogens with one attached hydrogen (secondary N) is 1. The molecule has 14 nitrogen and oxygen atoms in total. The molecule has 0 aliphatic carbocycles. The summed E-state index contributed by atoms with van der Waals surface area (Å²) in [6.07, 6.45) is 0. The fraction of sp³-hybridized carbons (Fsp3) is 0.750. The zero-order valence-corrected chi connectivity index (χ0v) is 14.1. The molecule has 9 N–H and O–H groups in total. The van der Waals surface area contributed by atoms with Gasteiger partial charge in [-0.3, -0.25) is 28.4 Å². The number of Topliss-reactive ketones (excluding diaryl/α,β-unsaturated/α-hetero) is 1. The van der Waals surface area contributed by atoms with E-state index in [1.807, 2.05) is 0 Å². The Hall–Kier alpha value is 0.230. The molecule has 0 rings (SSSR count). The van der Waals surface area contributed by atoms with Crippen molar-refractivity contribution >= 4 is 36.2 Å². The van der Waals surface area contributed by atoms with Gasteiger partial charge in [0.25, 0.3) is 5.02 Å². The average molecular weight is 407 g/mol. The quantitative estimate of drug-likeness (QED) is 0.203. The van der Waals surface area contributed by atoms with Gasteiger partial charge in [-0.05, 0) is 6.92 Å². The molecule has 22 heavy (non-hydrogen) atoms. The first-order valence-electron chi connectivity index (χ1n) is 4.79. The highest BCUT2D eigenvalue weighted by molar-refractivity contribution is 7.75. The van der Waals surface area contributed by atoms with E-state index >= 15 is 0 Å². The van der Waals surface area contributed by atoms with Crippen molar-refractivity contribution in [2.45, 2.75) is 17.5 Å². The van der Waals surface area contributed by atoms with Crippen LogP contribution in [0.5, 0.6) is 0 Å². The summed E-state index contributed by atoms with van der Waals surface area (Å²) in [6, 6.07) is 0. The van der Waals surface area contributed by atoms with Crippen molar-refractivity contribution in [1.82, 2.24) is 5.32 Å². The van der Waals surface area contributed by atoms with Crippen LogP contribution < -0.4 is 5.32 Å². The normalized spacial score (nSPS) is 15.2. The molecule has 0 fully saturated rings. The Kier molecular flexibility index (Phi) is 6.33. The number of carbonyl (C=O) groups excluding carboxylic acids is 1. The second kappa shape index (κ2) is 6.27. The van der Waals surface area contributed by atoms with Crippen LogP contribution in [0.1, 0.15) is 6.92 Å². The summed E-state index contributed by atoms with van der Waals surface area (Å²) in [4.78, 5) is 82.9. The monoisotopic (exact) mass is 407 g/mol. The minimum absolute atomic E-state index is 0.252. The molecular formula is C4H13NO13P4. The summed E-state index contributed by atoms with van der Waals surface area (Å²) in [5.41, 5.74) is -3.43. The van der Waals surface area contributed by atoms with Crippen molar-refractivity contribution < 1.29 is 62.2 Å². The number of carbonyl (C=O) groups is 1. The molecule has 0 saturated heterocycles. The first-order valence-corrected chi connectivity index (χ1v) is 11.4. The molecule has 0 aromatic rings. The first-order chi connectivity index (χ1) is 9.28. The Morgan fingerprint density at radius 2 is 1.09 bits per heavy atom. The third-order valence-corrected chi connectivity index (χ3v) is 9.78. The molecule has 0 atom stereocenters. The van der Waals surface area contributed by atoms with Crippen LogP contribution >= 0.6 is 30.4 Å². The van der Waals surface area contributed by atoms with Crippen LogP contribution in [0, 0.1) is 0 Å². The van der Waals surface area contributed by atoms with E-state index in [-0.39, 0.29) is 6.92 Å². The third kappa shape index (κ3) is 4.40. The average Bonchev–Trinajstić information content (AvgIpc) is 2.07. The van der Waals surface area contributed by atoms with Gasteiger partial charge in [0.05, 0.1) is 0 Å². The van der Waals surface area contributed by atoms with E-state index in [2.05, 4.69) is 0 Å². The maximum Gasteiger partial charge on any atom is 0.365 e. The molecule has 132 valence electrons. The molecule has 0 amide bonds. The minimum Gasteiger partial charge on any atom is -0.323 e. The summed E-state index contributed by atoms with van der Waals surface area (Å²) in [5, 5.41) is -3.40. The smallest absolute Gasteiger partial charge is 0.323 e. The molecule has 0 aromatic carbocycles. The lowest BCUT2D eigenvalue weighted by Crippen LogP contribution is -2.54. The second-order valence-corrected chi connectivity index (χ2v) is 11.7. The van der Waals surface area contributed by atoms with Crippen molar-refractivity contribution in [2.24, 2.45) is 0 Å². The molecule has 0 unspecified atom stereocenters. The summed E-state index contributed by atoms with van der Waals surface area (Å²) in [6.45, 7) is 0.252. The van der Waals surface area contributed by atoms with E-state index in [1.54, 1.807) is 0 Å². The molecule has 18 heteroatoms. The summed E-state index contributed by atoms with van der Waals surface area (Å²) in [5.74, 6) is -1.99. The lowest BCUT2D eigenvalue weighted by Gasteiger charge is -2.36. The van der Waals surface area contributed by atoms with Crippen LogP contribution in [0.25, 0.3) is 0 Å². The van der Waals surface area contributed by atoms with Crippen molar-refractivity contribution in [3.63, 3.8) is 0 Å². The van der Waals surface area contributed by atoms with E-state index in [4.69, 9.17) is 39.1 Å². The zero-order chi connectivity index (χ0) is 18.4. The Labute approximate surface area is 122 Å². The van der Waals surface area contributed by atoms with Crippen LogP contribution in [0.2, 0.25) is 0 Å². The van der Waals surface area contributed by atoms with Crippen molar-refractivity contribution in [2.75, 3.05) is 0 Å². The number of hydrogen-bond donors (Lipinski definition) is 9. The number of hydrogen-bond acceptors (Lipinski definition) is 6. The highest BCUT2D eigenvalue weighted by atomic mass is 31.2. The van der Waals surface area contributed by atoms with Crippen LogP contribution in [-0.4, -0.2) is 55.5 Å². The van der Waals surface area contributed by atoms with Gasteiger partial charge in [-0.25, -0.2) is 0 Å². The molecule has 0 radical (unpaired) electrons. The SMILES string of the molecule is CC(=O)C(NC(P(=O)(O)O)P(=O)(O)O)(P(=O)(O)O)P(=O)(O)O. The summed E-state index contributed by atoms with van der Waals surface area (Å²) in [7, 11) is -24.1. The predicted molar refractivity (Wildman–Crippen MR) is 68.5 cm³/mol. The molecule has 0 heterocycles. The van der Waals surface area contributed by atoms with E-state index in [0.717, 1.165) is 5.32 Å². The Morgan fingerprint density at radius 3 is 1.23 bits per heavy atom. The standard InChI is InChI=1S/C4H13NO13P4/c1-2(6)4(21(13,14)15,22(16,17)18)5-3(19(7,8)9)20(10,11)12/h3,5H,1H3,(H2,7,8,9)(H2,10,11,12)(H2,13,14,15)(H2,16,17,18). The van der Waals surface area contributed by atoms with Gasteiger partial charge in [0, 0.05) is 0 Å². The van der Waals surface area contributed by atoms with Gasteiger partial charge in [0.15, 0.2) is 5.78 Å². The van der Waals surface area contributed by atoms with Gasteiger partial charge >= 0.3 is 30.4 Å². The lowest BCUT2D eigenvalue weighted by atomic mass is 10.4. The Morgan fingerprint density at radius 1 is 0.818 bits per heavy atom. The molecule has 0 saturated carbocycles. The lowest BCUT2D eigenvalue weighted by molar-refractivity contribution is -0.118. The van der Waals surface area contributed by atoms with Gasteiger partial charge in [0.2, 0.25) is 5.52 Å². The maximum atomic E-state index is 11.4. The van der Waals surface area contributed by atoms with E-state index in [1.165, 1.54) is 0 Å². The third-order valence-electron chi connectivity index (χ3n) is 2.30. The van der Waals surface area contributed by atoms with Crippen LogP contribution in [0.4, 0.5) is 0 Å². The van der Waals surface area contributed by atoms with Gasteiger partial charge in [-0.15, -0.1) is 0 Å². The number of rotatable bonds is 7. The van der Waals surface area contributed by atoms with Gasteiger partial charge in [0.1, 0.15) is 0 Å². The van der Waals surface area contributed by atoms with Crippen LogP contribution in [-0.2, 0) is 23.1 Å². The van der Waals surface area contributed by atoms with Gasteiger partial charge in [-0.2, -0.15) is 0 Å². The molecular weight excluding hydrogens is 394 g/mol. The van der Waals surface area contributed by atoms with Crippen LogP contribution in [0.15, 0.2) is 0 Å². The summed E-state index contributed by atoms with van der Waals surface area (Å²) >= 11 is 0. The molecule has 0 spiro atoms. The zero-order valence-electron chi connectivity index (χ0n) is 10.5. The fourth-order valence-corrected chi connectivity index (χ4v) is 6.86. The Balaban J connectivity index is 6.58. The summed E-state index contributed by atoms with van der Waals surface area (Å²) < 4.78 is 44.8. The van der Waals surface area contributed by atoms with Crippen molar-refractivity contribution in [3.05, 3.63) is 0 Å². The largest absolute Gasteiger partial charge is 0.365 e. The highest BCUT2D eigenvalue weighted by Crippen LogP contribution is 2.70.